The summed E-state index contributed by atoms with van der Waals surface area (Å²) in [6.45, 7) is 0. The van der Waals surface area contributed by atoms with Crippen molar-refractivity contribution in [3.05, 3.63) is 66.7 Å². The standard InChI is InChI=1S/C21H20O3Se2/c1-22-17-14-18(23-2)21(26-16-12-8-5-9-13-16)19(24-3)20(17)25-15-10-6-4-7-11-15/h4-14H,1-3H3. The Morgan fingerprint density at radius 2 is 1.00 bits per heavy atom. The fraction of sp³-hybridized carbons (Fsp3) is 0.143. The van der Waals surface area contributed by atoms with E-state index in [0.29, 0.717) is 0 Å². The first-order valence-corrected chi connectivity index (χ1v) is 11.5. The molecule has 3 aromatic carbocycles. The molecule has 0 aliphatic carbocycles. The van der Waals surface area contributed by atoms with Gasteiger partial charge in [0.15, 0.2) is 0 Å². The summed E-state index contributed by atoms with van der Waals surface area (Å²) in [7, 11) is 5.12. The van der Waals surface area contributed by atoms with Crippen LogP contribution in [0.15, 0.2) is 66.7 Å². The average Bonchev–Trinajstić information content (AvgIpc) is 2.70. The Labute approximate surface area is 167 Å². The van der Waals surface area contributed by atoms with Gasteiger partial charge in [-0.2, -0.15) is 0 Å². The van der Waals surface area contributed by atoms with Crippen molar-refractivity contribution in [2.24, 2.45) is 0 Å². The van der Waals surface area contributed by atoms with Crippen LogP contribution in [0.2, 0.25) is 0 Å². The number of hydrogen-bond donors (Lipinski definition) is 0. The topological polar surface area (TPSA) is 27.7 Å². The second-order valence-electron chi connectivity index (χ2n) is 5.30. The quantitative estimate of drug-likeness (QED) is 0.475. The minimum atomic E-state index is 0.0751. The molecule has 0 atom stereocenters. The van der Waals surface area contributed by atoms with Crippen LogP contribution in [-0.2, 0) is 0 Å². The Balaban J connectivity index is 2.11. The molecule has 3 nitrogen and oxygen atoms in total. The molecule has 5 heteroatoms. The number of methoxy groups -OCH3 is 3. The van der Waals surface area contributed by atoms with Crippen molar-refractivity contribution in [2.75, 3.05) is 21.3 Å². The third-order valence-corrected chi connectivity index (χ3v) is 8.30. The molecule has 0 aliphatic rings. The molecule has 0 fully saturated rings. The Kier molecular flexibility index (Phi) is 6.65. The van der Waals surface area contributed by atoms with Gasteiger partial charge in [0.1, 0.15) is 0 Å². The Bertz CT molecular complexity index is 784. The first-order valence-electron chi connectivity index (χ1n) is 8.05. The molecule has 0 aromatic heterocycles. The van der Waals surface area contributed by atoms with E-state index in [1.165, 1.54) is 8.92 Å². The monoisotopic (exact) mass is 480 g/mol. The van der Waals surface area contributed by atoms with Crippen LogP contribution in [0.25, 0.3) is 0 Å². The van der Waals surface area contributed by atoms with Crippen LogP contribution >= 0.6 is 0 Å². The maximum absolute atomic E-state index is 5.88. The van der Waals surface area contributed by atoms with Crippen molar-refractivity contribution in [2.45, 2.75) is 0 Å². The number of ether oxygens (including phenoxy) is 3. The molecule has 0 radical (unpaired) electrons. The summed E-state index contributed by atoms with van der Waals surface area (Å²) in [5.74, 6) is 2.51. The van der Waals surface area contributed by atoms with Crippen LogP contribution in [0.5, 0.6) is 17.2 Å². The SMILES string of the molecule is COc1cc(OC)c([Se]c2ccccc2)c(OC)c1[Se]c1ccccc1. The molecular formula is C21H20O3Se2. The molecule has 0 unspecified atom stereocenters. The molecule has 3 rings (SSSR count). The molecule has 0 heterocycles. The van der Waals surface area contributed by atoms with E-state index in [1.807, 2.05) is 18.2 Å². The molecule has 0 aliphatic heterocycles. The van der Waals surface area contributed by atoms with E-state index >= 15 is 0 Å². The van der Waals surface area contributed by atoms with E-state index in [2.05, 4.69) is 48.5 Å². The molecule has 134 valence electrons. The second kappa shape index (κ2) is 9.16. The Morgan fingerprint density at radius 1 is 0.577 bits per heavy atom. The summed E-state index contributed by atoms with van der Waals surface area (Å²) in [6, 6.07) is 22.9. The molecule has 0 N–H and O–H groups in total. The zero-order chi connectivity index (χ0) is 18.4. The number of hydrogen-bond acceptors (Lipinski definition) is 3. The maximum atomic E-state index is 5.88. The van der Waals surface area contributed by atoms with E-state index in [1.54, 1.807) is 21.3 Å². The van der Waals surface area contributed by atoms with Crippen LogP contribution in [0.1, 0.15) is 0 Å². The summed E-state index contributed by atoms with van der Waals surface area (Å²) in [4.78, 5) is 0. The van der Waals surface area contributed by atoms with Crippen molar-refractivity contribution in [1.82, 2.24) is 0 Å². The van der Waals surface area contributed by atoms with E-state index in [9.17, 15) is 0 Å². The minimum absolute atomic E-state index is 0.0751. The van der Waals surface area contributed by atoms with Gasteiger partial charge in [-0.25, -0.2) is 0 Å². The van der Waals surface area contributed by atoms with Crippen molar-refractivity contribution < 1.29 is 14.2 Å². The zero-order valence-electron chi connectivity index (χ0n) is 14.9. The van der Waals surface area contributed by atoms with Gasteiger partial charge in [-0.15, -0.1) is 0 Å². The molecule has 0 saturated carbocycles. The predicted molar refractivity (Wildman–Crippen MR) is 109 cm³/mol. The van der Waals surface area contributed by atoms with Gasteiger partial charge in [-0.1, -0.05) is 0 Å². The Hall–Kier alpha value is -1.90. The third kappa shape index (κ3) is 4.25. The van der Waals surface area contributed by atoms with E-state index in [0.717, 1.165) is 26.2 Å². The summed E-state index contributed by atoms with van der Waals surface area (Å²) in [6.07, 6.45) is 0. The summed E-state index contributed by atoms with van der Waals surface area (Å²) in [5.41, 5.74) is 0. The van der Waals surface area contributed by atoms with Gasteiger partial charge in [0, 0.05) is 0 Å². The molecular weight excluding hydrogens is 458 g/mol. The van der Waals surface area contributed by atoms with Crippen LogP contribution in [0.3, 0.4) is 0 Å². The fourth-order valence-corrected chi connectivity index (χ4v) is 7.20. The van der Waals surface area contributed by atoms with Gasteiger partial charge >= 0.3 is 167 Å². The zero-order valence-corrected chi connectivity index (χ0v) is 18.3. The average molecular weight is 478 g/mol. The first kappa shape index (κ1) is 18.9. The van der Waals surface area contributed by atoms with Crippen LogP contribution < -0.4 is 32.1 Å². The summed E-state index contributed by atoms with van der Waals surface area (Å²) >= 11 is 0.150. The molecule has 0 spiro atoms. The van der Waals surface area contributed by atoms with Gasteiger partial charge in [0.05, 0.1) is 0 Å². The predicted octanol–water partition coefficient (Wildman–Crippen LogP) is 1.02. The fourth-order valence-electron chi connectivity index (χ4n) is 2.47. The van der Waals surface area contributed by atoms with Gasteiger partial charge in [0.2, 0.25) is 0 Å². The molecule has 0 bridgehead atoms. The molecule has 0 amide bonds. The van der Waals surface area contributed by atoms with Crippen molar-refractivity contribution in [3.63, 3.8) is 0 Å². The van der Waals surface area contributed by atoms with Crippen LogP contribution in [-0.4, -0.2) is 51.2 Å². The van der Waals surface area contributed by atoms with Gasteiger partial charge in [-0.3, -0.25) is 0 Å². The van der Waals surface area contributed by atoms with E-state index in [4.69, 9.17) is 14.2 Å². The molecule has 0 saturated heterocycles. The summed E-state index contributed by atoms with van der Waals surface area (Å²) in [5, 5.41) is 0. The molecule has 3 aromatic rings. The molecule has 26 heavy (non-hydrogen) atoms. The normalized spacial score (nSPS) is 10.4. The van der Waals surface area contributed by atoms with Crippen molar-refractivity contribution in [1.29, 1.82) is 0 Å². The number of rotatable bonds is 7. The van der Waals surface area contributed by atoms with Gasteiger partial charge in [-0.05, 0) is 0 Å². The van der Waals surface area contributed by atoms with Crippen LogP contribution in [0, 0.1) is 0 Å². The van der Waals surface area contributed by atoms with Crippen molar-refractivity contribution >= 4 is 47.8 Å². The first-order chi connectivity index (χ1) is 12.8. The summed E-state index contributed by atoms with van der Waals surface area (Å²) < 4.78 is 22.0. The van der Waals surface area contributed by atoms with E-state index in [-0.39, 0.29) is 29.9 Å². The Morgan fingerprint density at radius 3 is 1.35 bits per heavy atom. The van der Waals surface area contributed by atoms with E-state index < -0.39 is 0 Å². The van der Waals surface area contributed by atoms with Gasteiger partial charge < -0.3 is 0 Å². The number of benzene rings is 3. The second-order valence-corrected chi connectivity index (χ2v) is 9.85. The van der Waals surface area contributed by atoms with Crippen molar-refractivity contribution in [3.8, 4) is 17.2 Å². The third-order valence-electron chi connectivity index (χ3n) is 3.69. The van der Waals surface area contributed by atoms with Gasteiger partial charge in [0.25, 0.3) is 0 Å². The van der Waals surface area contributed by atoms with Crippen LogP contribution in [0.4, 0.5) is 0 Å².